The number of hydrogen-bond acceptors (Lipinski definition) is 5. The maximum atomic E-state index is 13.5. The zero-order valence-electron chi connectivity index (χ0n) is 11.9. The summed E-state index contributed by atoms with van der Waals surface area (Å²) < 4.78 is 13.5. The predicted molar refractivity (Wildman–Crippen MR) is 76.6 cm³/mol. The molecule has 114 valence electrons. The van der Waals surface area contributed by atoms with Crippen LogP contribution in [0.2, 0.25) is 0 Å². The van der Waals surface area contributed by atoms with Gasteiger partial charge in [0, 0.05) is 32.2 Å². The summed E-state index contributed by atoms with van der Waals surface area (Å²) in [6.07, 6.45) is -0.826. The number of hydrogen-bond donors (Lipinski definition) is 1. The molecule has 5 nitrogen and oxygen atoms in total. The van der Waals surface area contributed by atoms with E-state index in [9.17, 15) is 9.18 Å². The zero-order chi connectivity index (χ0) is 14.7. The Morgan fingerprint density at radius 1 is 1.24 bits per heavy atom. The van der Waals surface area contributed by atoms with Crippen molar-refractivity contribution in [2.75, 3.05) is 39.3 Å². The SMILES string of the molecule is O=C(ON1CC(N2CCNC[C@H](F)C2)C1)c1ccccc1. The van der Waals surface area contributed by atoms with E-state index in [1.165, 1.54) is 0 Å². The Kier molecular flexibility index (Phi) is 4.48. The average molecular weight is 293 g/mol. The van der Waals surface area contributed by atoms with Crippen LogP contribution in [-0.4, -0.2) is 67.4 Å². The van der Waals surface area contributed by atoms with Crippen LogP contribution in [0.1, 0.15) is 10.4 Å². The molecule has 2 saturated heterocycles. The van der Waals surface area contributed by atoms with Gasteiger partial charge in [0.25, 0.3) is 0 Å². The summed E-state index contributed by atoms with van der Waals surface area (Å²) in [5.41, 5.74) is 0.545. The molecule has 21 heavy (non-hydrogen) atoms. The minimum atomic E-state index is -0.826. The van der Waals surface area contributed by atoms with Gasteiger partial charge in [0.2, 0.25) is 0 Å². The number of nitrogens with one attached hydrogen (secondary N) is 1. The van der Waals surface area contributed by atoms with E-state index in [0.29, 0.717) is 31.7 Å². The molecule has 0 aromatic heterocycles. The molecule has 1 N–H and O–H groups in total. The Labute approximate surface area is 123 Å². The molecular weight excluding hydrogens is 273 g/mol. The van der Waals surface area contributed by atoms with Gasteiger partial charge in [0.15, 0.2) is 0 Å². The van der Waals surface area contributed by atoms with Crippen molar-refractivity contribution in [3.8, 4) is 0 Å². The van der Waals surface area contributed by atoms with E-state index < -0.39 is 6.17 Å². The quantitative estimate of drug-likeness (QED) is 0.888. The third-order valence-electron chi connectivity index (χ3n) is 3.94. The van der Waals surface area contributed by atoms with Gasteiger partial charge < -0.3 is 10.2 Å². The number of carbonyl (C=O) groups is 1. The lowest BCUT2D eigenvalue weighted by atomic mass is 10.1. The third-order valence-corrected chi connectivity index (χ3v) is 3.94. The van der Waals surface area contributed by atoms with Gasteiger partial charge in [-0.15, -0.1) is 5.06 Å². The molecule has 2 aliphatic heterocycles. The van der Waals surface area contributed by atoms with E-state index in [1.807, 2.05) is 6.07 Å². The van der Waals surface area contributed by atoms with Crippen LogP contribution >= 0.6 is 0 Å². The van der Waals surface area contributed by atoms with Crippen molar-refractivity contribution in [3.05, 3.63) is 35.9 Å². The predicted octanol–water partition coefficient (Wildman–Crippen LogP) is 0.686. The summed E-state index contributed by atoms with van der Waals surface area (Å²) in [5, 5.41) is 4.72. The fourth-order valence-corrected chi connectivity index (χ4v) is 2.69. The van der Waals surface area contributed by atoms with Gasteiger partial charge in [-0.1, -0.05) is 18.2 Å². The van der Waals surface area contributed by atoms with E-state index in [0.717, 1.165) is 13.1 Å². The van der Waals surface area contributed by atoms with E-state index in [1.54, 1.807) is 29.3 Å². The van der Waals surface area contributed by atoms with Crippen molar-refractivity contribution in [1.29, 1.82) is 0 Å². The van der Waals surface area contributed by atoms with Crippen molar-refractivity contribution < 1.29 is 14.0 Å². The Morgan fingerprint density at radius 3 is 2.76 bits per heavy atom. The van der Waals surface area contributed by atoms with Gasteiger partial charge in [-0.2, -0.15) is 0 Å². The van der Waals surface area contributed by atoms with Crippen molar-refractivity contribution in [2.24, 2.45) is 0 Å². The molecule has 1 atom stereocenters. The van der Waals surface area contributed by atoms with E-state index in [4.69, 9.17) is 4.84 Å². The molecule has 0 spiro atoms. The van der Waals surface area contributed by atoms with Crippen LogP contribution in [0.15, 0.2) is 30.3 Å². The Bertz CT molecular complexity index is 479. The summed E-state index contributed by atoms with van der Waals surface area (Å²) in [7, 11) is 0. The first-order valence-electron chi connectivity index (χ1n) is 7.33. The number of carbonyl (C=O) groups excluding carboxylic acids is 1. The lowest BCUT2D eigenvalue weighted by molar-refractivity contribution is -0.180. The van der Waals surface area contributed by atoms with E-state index in [2.05, 4.69) is 10.2 Å². The molecule has 2 aliphatic rings. The van der Waals surface area contributed by atoms with Crippen LogP contribution < -0.4 is 5.32 Å². The minimum absolute atomic E-state index is 0.270. The molecule has 2 fully saturated rings. The monoisotopic (exact) mass is 293 g/mol. The summed E-state index contributed by atoms with van der Waals surface area (Å²) in [4.78, 5) is 19.3. The Morgan fingerprint density at radius 2 is 2.00 bits per heavy atom. The molecular formula is C15H20FN3O2. The highest BCUT2D eigenvalue weighted by Crippen LogP contribution is 2.18. The van der Waals surface area contributed by atoms with E-state index in [-0.39, 0.29) is 12.0 Å². The third kappa shape index (κ3) is 3.58. The fraction of sp³-hybridized carbons (Fsp3) is 0.533. The van der Waals surface area contributed by atoms with Crippen LogP contribution in [0.3, 0.4) is 0 Å². The molecule has 0 saturated carbocycles. The average Bonchev–Trinajstić information content (AvgIpc) is 2.67. The molecule has 0 radical (unpaired) electrons. The van der Waals surface area contributed by atoms with Crippen LogP contribution in [0.4, 0.5) is 4.39 Å². The van der Waals surface area contributed by atoms with Crippen molar-refractivity contribution in [1.82, 2.24) is 15.3 Å². The van der Waals surface area contributed by atoms with Crippen LogP contribution in [0, 0.1) is 0 Å². The highest BCUT2D eigenvalue weighted by molar-refractivity contribution is 5.89. The maximum absolute atomic E-state index is 13.5. The minimum Gasteiger partial charge on any atom is -0.364 e. The number of alkyl halides is 1. The van der Waals surface area contributed by atoms with E-state index >= 15 is 0 Å². The molecule has 0 amide bonds. The first kappa shape index (κ1) is 14.4. The lowest BCUT2D eigenvalue weighted by Gasteiger charge is -2.43. The summed E-state index contributed by atoms with van der Waals surface area (Å²) in [5.74, 6) is -0.338. The largest absolute Gasteiger partial charge is 0.364 e. The topological polar surface area (TPSA) is 44.8 Å². The smallest absolute Gasteiger partial charge is 0.357 e. The molecule has 0 unspecified atom stereocenters. The standard InChI is InChI=1S/C15H20FN3O2/c16-13-8-17-6-7-18(9-13)14-10-19(11-14)21-15(20)12-4-2-1-3-5-12/h1-5,13-14,17H,6-11H2/t13-/m0/s1. The van der Waals surface area contributed by atoms with Gasteiger partial charge in [-0.3, -0.25) is 4.90 Å². The van der Waals surface area contributed by atoms with Gasteiger partial charge >= 0.3 is 5.97 Å². The molecule has 1 aromatic rings. The molecule has 1 aromatic carbocycles. The first-order valence-corrected chi connectivity index (χ1v) is 7.33. The van der Waals surface area contributed by atoms with Crippen molar-refractivity contribution in [2.45, 2.75) is 12.2 Å². The summed E-state index contributed by atoms with van der Waals surface area (Å²) >= 11 is 0. The second kappa shape index (κ2) is 6.51. The van der Waals surface area contributed by atoms with Crippen molar-refractivity contribution in [3.63, 3.8) is 0 Å². The fourth-order valence-electron chi connectivity index (χ4n) is 2.69. The summed E-state index contributed by atoms with van der Waals surface area (Å²) in [6.45, 7) is 3.82. The number of halogens is 1. The zero-order valence-corrected chi connectivity index (χ0v) is 11.9. The number of hydroxylamine groups is 2. The Hall–Kier alpha value is -1.50. The van der Waals surface area contributed by atoms with Gasteiger partial charge in [0.05, 0.1) is 18.7 Å². The lowest BCUT2D eigenvalue weighted by Crippen LogP contribution is -2.60. The van der Waals surface area contributed by atoms with Gasteiger partial charge in [-0.05, 0) is 12.1 Å². The van der Waals surface area contributed by atoms with Gasteiger partial charge in [-0.25, -0.2) is 9.18 Å². The van der Waals surface area contributed by atoms with Crippen molar-refractivity contribution >= 4 is 5.97 Å². The summed E-state index contributed by atoms with van der Waals surface area (Å²) in [6, 6.07) is 9.20. The molecule has 3 rings (SSSR count). The molecule has 0 aliphatic carbocycles. The molecule has 0 bridgehead atoms. The second-order valence-electron chi connectivity index (χ2n) is 5.54. The molecule has 6 heteroatoms. The molecule has 2 heterocycles. The maximum Gasteiger partial charge on any atom is 0.357 e. The second-order valence-corrected chi connectivity index (χ2v) is 5.54. The van der Waals surface area contributed by atoms with Crippen LogP contribution in [-0.2, 0) is 4.84 Å². The Balaban J connectivity index is 1.46. The number of rotatable bonds is 3. The van der Waals surface area contributed by atoms with Gasteiger partial charge in [0.1, 0.15) is 6.17 Å². The number of nitrogens with zero attached hydrogens (tertiary/aromatic N) is 2. The normalized spacial score (nSPS) is 25.1. The van der Waals surface area contributed by atoms with Crippen LogP contribution in [0.25, 0.3) is 0 Å². The highest BCUT2D eigenvalue weighted by Gasteiger charge is 2.36. The first-order chi connectivity index (χ1) is 10.2. The highest BCUT2D eigenvalue weighted by atomic mass is 19.1. The number of benzene rings is 1. The van der Waals surface area contributed by atoms with Crippen LogP contribution in [0.5, 0.6) is 0 Å².